The molecule has 0 bridgehead atoms. The molecule has 3 heteroatoms. The molecule has 1 aliphatic carbocycles. The molecule has 3 fully saturated rings. The highest BCUT2D eigenvalue weighted by atomic mass is 15.4. The number of aliphatic imine (C=N–C) groups is 1. The number of fused-ring (bicyclic) bond motifs is 2. The first-order valence-electron chi connectivity index (χ1n) is 7.01. The van der Waals surface area contributed by atoms with Gasteiger partial charge in [0.15, 0.2) is 5.96 Å². The molecular weight excluding hydrogens is 198 g/mol. The molecule has 4 rings (SSSR count). The van der Waals surface area contributed by atoms with Crippen molar-refractivity contribution in [2.75, 3.05) is 19.6 Å². The first kappa shape index (κ1) is 9.32. The molecule has 0 aromatic rings. The number of hydrogen-bond donors (Lipinski definition) is 0. The van der Waals surface area contributed by atoms with Crippen molar-refractivity contribution in [3.8, 4) is 0 Å². The molecule has 3 aliphatic heterocycles. The summed E-state index contributed by atoms with van der Waals surface area (Å²) in [5.74, 6) is 2.37. The topological polar surface area (TPSA) is 18.8 Å². The zero-order chi connectivity index (χ0) is 10.5. The van der Waals surface area contributed by atoms with Gasteiger partial charge in [0.25, 0.3) is 0 Å². The molecule has 0 amide bonds. The number of nitrogens with zero attached hydrogens (tertiary/aromatic N) is 3. The maximum atomic E-state index is 4.83. The highest BCUT2D eigenvalue weighted by molar-refractivity contribution is 5.83. The number of hydrogen-bond acceptors (Lipinski definition) is 3. The standard InChI is InChI=1S/C13H21N3/c1-3-10-5-6-12(10)16(8-1)13-14-9-11-4-2-7-15(11)13/h10-12H,1-9H2/t10-,11+,12+/m0/s1. The van der Waals surface area contributed by atoms with Crippen molar-refractivity contribution >= 4 is 5.96 Å². The minimum absolute atomic E-state index is 0.760. The van der Waals surface area contributed by atoms with Crippen LogP contribution in [0.25, 0.3) is 0 Å². The Labute approximate surface area is 97.5 Å². The van der Waals surface area contributed by atoms with E-state index in [9.17, 15) is 0 Å². The highest BCUT2D eigenvalue weighted by Gasteiger charge is 2.43. The lowest BCUT2D eigenvalue weighted by Crippen LogP contribution is -2.57. The lowest BCUT2D eigenvalue weighted by Gasteiger charge is -2.50. The SMILES string of the molecule is C1C[C@@H]2CN=C(N3CCC[C@H]4CC[C@H]43)N2C1. The van der Waals surface area contributed by atoms with Crippen molar-refractivity contribution in [1.82, 2.24) is 9.80 Å². The number of guanidine groups is 1. The lowest BCUT2D eigenvalue weighted by atomic mass is 9.73. The molecular formula is C13H21N3. The predicted octanol–water partition coefficient (Wildman–Crippen LogP) is 1.69. The molecule has 0 spiro atoms. The quantitative estimate of drug-likeness (QED) is 0.617. The molecule has 2 saturated heterocycles. The Morgan fingerprint density at radius 3 is 2.69 bits per heavy atom. The zero-order valence-corrected chi connectivity index (χ0v) is 9.94. The third kappa shape index (κ3) is 1.17. The zero-order valence-electron chi connectivity index (χ0n) is 9.94. The van der Waals surface area contributed by atoms with Crippen LogP contribution in [-0.4, -0.2) is 47.5 Å². The first-order valence-corrected chi connectivity index (χ1v) is 7.01. The minimum Gasteiger partial charge on any atom is -0.340 e. The summed E-state index contributed by atoms with van der Waals surface area (Å²) >= 11 is 0. The molecule has 4 aliphatic rings. The fourth-order valence-electron chi connectivity index (χ4n) is 4.06. The van der Waals surface area contributed by atoms with Gasteiger partial charge in [0, 0.05) is 19.1 Å². The van der Waals surface area contributed by atoms with Crippen molar-refractivity contribution in [2.24, 2.45) is 10.9 Å². The summed E-state index contributed by atoms with van der Waals surface area (Å²) in [4.78, 5) is 10.1. The van der Waals surface area contributed by atoms with Gasteiger partial charge in [-0.3, -0.25) is 4.99 Å². The van der Waals surface area contributed by atoms with Gasteiger partial charge in [-0.2, -0.15) is 0 Å². The molecule has 0 aromatic heterocycles. The van der Waals surface area contributed by atoms with E-state index in [2.05, 4.69) is 9.80 Å². The van der Waals surface area contributed by atoms with E-state index < -0.39 is 0 Å². The second kappa shape index (κ2) is 3.38. The van der Waals surface area contributed by atoms with Crippen molar-refractivity contribution < 1.29 is 0 Å². The van der Waals surface area contributed by atoms with Crippen LogP contribution in [0.5, 0.6) is 0 Å². The van der Waals surface area contributed by atoms with Crippen LogP contribution < -0.4 is 0 Å². The number of rotatable bonds is 0. The summed E-state index contributed by atoms with van der Waals surface area (Å²) in [5.41, 5.74) is 0. The average molecular weight is 219 g/mol. The van der Waals surface area contributed by atoms with Crippen molar-refractivity contribution in [1.29, 1.82) is 0 Å². The second-order valence-electron chi connectivity index (χ2n) is 5.87. The van der Waals surface area contributed by atoms with Gasteiger partial charge in [-0.25, -0.2) is 0 Å². The Hall–Kier alpha value is -0.730. The predicted molar refractivity (Wildman–Crippen MR) is 64.5 cm³/mol. The van der Waals surface area contributed by atoms with Crippen LogP contribution in [-0.2, 0) is 0 Å². The van der Waals surface area contributed by atoms with E-state index in [1.165, 1.54) is 57.6 Å². The molecule has 3 nitrogen and oxygen atoms in total. The summed E-state index contributed by atoms with van der Waals surface area (Å²) < 4.78 is 0. The highest BCUT2D eigenvalue weighted by Crippen LogP contribution is 2.40. The Morgan fingerprint density at radius 2 is 1.81 bits per heavy atom. The lowest BCUT2D eigenvalue weighted by molar-refractivity contribution is 0.0636. The van der Waals surface area contributed by atoms with Crippen LogP contribution in [0, 0.1) is 5.92 Å². The largest absolute Gasteiger partial charge is 0.340 e. The molecule has 1 saturated carbocycles. The fraction of sp³-hybridized carbons (Fsp3) is 0.923. The van der Waals surface area contributed by atoms with Crippen LogP contribution in [0.1, 0.15) is 38.5 Å². The Balaban J connectivity index is 1.56. The van der Waals surface area contributed by atoms with E-state index in [1.807, 2.05) is 0 Å². The Kier molecular flexibility index (Phi) is 1.97. The molecule has 88 valence electrons. The van der Waals surface area contributed by atoms with Gasteiger partial charge in [-0.1, -0.05) is 0 Å². The minimum atomic E-state index is 0.760. The Bertz CT molecular complexity index is 325. The van der Waals surface area contributed by atoms with Crippen LogP contribution in [0.3, 0.4) is 0 Å². The average Bonchev–Trinajstić information content (AvgIpc) is 2.80. The molecule has 3 atom stereocenters. The summed E-state index contributed by atoms with van der Waals surface area (Å²) in [6.07, 6.45) is 8.50. The molecule has 0 radical (unpaired) electrons. The maximum Gasteiger partial charge on any atom is 0.197 e. The molecule has 0 aromatic carbocycles. The summed E-state index contributed by atoms with van der Waals surface area (Å²) in [7, 11) is 0. The van der Waals surface area contributed by atoms with Crippen LogP contribution >= 0.6 is 0 Å². The van der Waals surface area contributed by atoms with Crippen LogP contribution in [0.4, 0.5) is 0 Å². The molecule has 0 unspecified atom stereocenters. The molecule has 3 heterocycles. The molecule has 16 heavy (non-hydrogen) atoms. The summed E-state index contributed by atoms with van der Waals surface area (Å²) in [6.45, 7) is 3.60. The van der Waals surface area contributed by atoms with E-state index >= 15 is 0 Å². The summed E-state index contributed by atoms with van der Waals surface area (Å²) in [6, 6.07) is 1.61. The van der Waals surface area contributed by atoms with Gasteiger partial charge in [-0.15, -0.1) is 0 Å². The summed E-state index contributed by atoms with van der Waals surface area (Å²) in [5, 5.41) is 0. The normalized spacial score (nSPS) is 41.5. The number of likely N-dealkylation sites (tertiary alicyclic amines) is 1. The van der Waals surface area contributed by atoms with Crippen LogP contribution in [0.15, 0.2) is 4.99 Å². The van der Waals surface area contributed by atoms with Gasteiger partial charge >= 0.3 is 0 Å². The van der Waals surface area contributed by atoms with E-state index in [-0.39, 0.29) is 0 Å². The smallest absolute Gasteiger partial charge is 0.197 e. The van der Waals surface area contributed by atoms with E-state index in [0.717, 1.165) is 24.5 Å². The molecule has 0 N–H and O–H groups in total. The van der Waals surface area contributed by atoms with Crippen molar-refractivity contribution in [3.63, 3.8) is 0 Å². The Morgan fingerprint density at radius 1 is 0.938 bits per heavy atom. The van der Waals surface area contributed by atoms with Gasteiger partial charge in [0.05, 0.1) is 12.6 Å². The van der Waals surface area contributed by atoms with E-state index in [0.29, 0.717) is 0 Å². The number of piperidine rings is 1. The van der Waals surface area contributed by atoms with Gasteiger partial charge in [0.1, 0.15) is 0 Å². The fourth-order valence-corrected chi connectivity index (χ4v) is 4.06. The van der Waals surface area contributed by atoms with Gasteiger partial charge in [-0.05, 0) is 44.4 Å². The second-order valence-corrected chi connectivity index (χ2v) is 5.87. The maximum absolute atomic E-state index is 4.83. The van der Waals surface area contributed by atoms with Gasteiger partial charge in [0.2, 0.25) is 0 Å². The van der Waals surface area contributed by atoms with E-state index in [1.54, 1.807) is 0 Å². The van der Waals surface area contributed by atoms with E-state index in [4.69, 9.17) is 4.99 Å². The van der Waals surface area contributed by atoms with Crippen LogP contribution in [0.2, 0.25) is 0 Å². The van der Waals surface area contributed by atoms with Gasteiger partial charge < -0.3 is 9.80 Å². The van der Waals surface area contributed by atoms with Crippen molar-refractivity contribution in [2.45, 2.75) is 50.6 Å². The van der Waals surface area contributed by atoms with Crippen molar-refractivity contribution in [3.05, 3.63) is 0 Å². The monoisotopic (exact) mass is 219 g/mol. The third-order valence-corrected chi connectivity index (χ3v) is 5.09. The third-order valence-electron chi connectivity index (χ3n) is 5.09. The first-order chi connectivity index (χ1) is 7.93.